The highest BCUT2D eigenvalue weighted by Gasteiger charge is 2.15. The van der Waals surface area contributed by atoms with Crippen molar-refractivity contribution in [1.82, 2.24) is 14.8 Å². The summed E-state index contributed by atoms with van der Waals surface area (Å²) in [5.74, 6) is 0.0961. The second kappa shape index (κ2) is 7.34. The van der Waals surface area contributed by atoms with Gasteiger partial charge in [0, 0.05) is 50.3 Å². The Balaban J connectivity index is 1.29. The van der Waals surface area contributed by atoms with Gasteiger partial charge in [0.25, 0.3) is 0 Å². The van der Waals surface area contributed by atoms with E-state index in [1.165, 1.54) is 16.6 Å². The summed E-state index contributed by atoms with van der Waals surface area (Å²) in [5, 5.41) is 4.25. The highest BCUT2D eigenvalue weighted by Crippen LogP contribution is 2.21. The zero-order valence-corrected chi connectivity index (χ0v) is 15.2. The van der Waals surface area contributed by atoms with Crippen LogP contribution in [0.15, 0.2) is 54.7 Å². The molecule has 4 nitrogen and oxygen atoms in total. The zero-order valence-electron chi connectivity index (χ0n) is 15.2. The Hall–Kier alpha value is -2.59. The van der Waals surface area contributed by atoms with Crippen LogP contribution in [0, 0.1) is 0 Å². The fourth-order valence-corrected chi connectivity index (χ4v) is 3.90. The average molecular weight is 347 g/mol. The van der Waals surface area contributed by atoms with E-state index in [4.69, 9.17) is 0 Å². The molecule has 3 aromatic rings. The van der Waals surface area contributed by atoms with Gasteiger partial charge in [-0.2, -0.15) is 0 Å². The molecule has 0 radical (unpaired) electrons. The van der Waals surface area contributed by atoms with E-state index in [-0.39, 0.29) is 5.91 Å². The molecule has 0 spiro atoms. The molecule has 1 aromatic heterocycles. The Kier molecular flexibility index (Phi) is 4.76. The molecule has 0 atom stereocenters. The largest absolute Gasteiger partial charge is 0.355 e. The van der Waals surface area contributed by atoms with E-state index in [9.17, 15) is 4.79 Å². The normalized spacial score (nSPS) is 14.3. The van der Waals surface area contributed by atoms with Crippen LogP contribution in [0.25, 0.3) is 10.9 Å². The fraction of sp³-hybridized carbons (Fsp3) is 0.318. The first-order valence-corrected chi connectivity index (χ1v) is 9.29. The molecule has 0 bridgehead atoms. The first kappa shape index (κ1) is 16.9. The number of aryl methyl sites for hydroxylation is 1. The third-order valence-electron chi connectivity index (χ3n) is 5.29. The van der Waals surface area contributed by atoms with Crippen molar-refractivity contribution in [3.05, 3.63) is 71.4 Å². The van der Waals surface area contributed by atoms with E-state index in [2.05, 4.69) is 57.4 Å². The zero-order chi connectivity index (χ0) is 17.9. The number of fused-ring (bicyclic) bond motifs is 2. The van der Waals surface area contributed by atoms with Crippen LogP contribution in [0.4, 0.5) is 0 Å². The highest BCUT2D eigenvalue weighted by molar-refractivity contribution is 5.89. The molecule has 0 saturated heterocycles. The summed E-state index contributed by atoms with van der Waals surface area (Å²) in [7, 11) is 2.03. The Morgan fingerprint density at radius 1 is 1.08 bits per heavy atom. The number of rotatable bonds is 5. The minimum Gasteiger partial charge on any atom is -0.355 e. The Morgan fingerprint density at radius 3 is 2.73 bits per heavy atom. The maximum absolute atomic E-state index is 12.4. The van der Waals surface area contributed by atoms with Crippen molar-refractivity contribution >= 4 is 16.8 Å². The van der Waals surface area contributed by atoms with Gasteiger partial charge in [-0.3, -0.25) is 9.69 Å². The molecule has 1 amide bonds. The molecule has 0 aliphatic carbocycles. The molecule has 2 heterocycles. The summed E-state index contributed by atoms with van der Waals surface area (Å²) in [6.07, 6.45) is 3.59. The molecule has 4 rings (SSSR count). The lowest BCUT2D eigenvalue weighted by atomic mass is 10.00. The number of hydrogen-bond acceptors (Lipinski definition) is 2. The van der Waals surface area contributed by atoms with E-state index >= 15 is 0 Å². The lowest BCUT2D eigenvalue weighted by molar-refractivity contribution is -0.120. The number of nitrogens with zero attached hydrogens (tertiary/aromatic N) is 2. The number of para-hydroxylation sites is 1. The van der Waals surface area contributed by atoms with Crippen molar-refractivity contribution in [2.75, 3.05) is 19.6 Å². The Labute approximate surface area is 154 Å². The van der Waals surface area contributed by atoms with E-state index in [0.29, 0.717) is 13.0 Å². The minimum absolute atomic E-state index is 0.0961. The van der Waals surface area contributed by atoms with Crippen molar-refractivity contribution in [3.8, 4) is 0 Å². The number of hydrogen-bond donors (Lipinski definition) is 1. The molecular formula is C22H25N3O. The second-order valence-corrected chi connectivity index (χ2v) is 7.10. The predicted molar refractivity (Wildman–Crippen MR) is 105 cm³/mol. The fourth-order valence-electron chi connectivity index (χ4n) is 3.90. The third kappa shape index (κ3) is 3.51. The SMILES string of the molecule is Cn1cc(CC(=O)NCCN2CCc3ccccc3C2)c2ccccc21. The molecule has 26 heavy (non-hydrogen) atoms. The van der Waals surface area contributed by atoms with E-state index in [1.807, 2.05) is 19.2 Å². The summed E-state index contributed by atoms with van der Waals surface area (Å²) >= 11 is 0. The standard InChI is InChI=1S/C22H25N3O/c1-24-15-19(20-8-4-5-9-21(20)24)14-22(26)23-11-13-25-12-10-17-6-2-3-7-18(17)16-25/h2-9,15H,10-14,16H2,1H3,(H,23,26). The minimum atomic E-state index is 0.0961. The van der Waals surface area contributed by atoms with Crippen LogP contribution in [0.5, 0.6) is 0 Å². The number of nitrogens with one attached hydrogen (secondary N) is 1. The van der Waals surface area contributed by atoms with Gasteiger partial charge in [-0.1, -0.05) is 42.5 Å². The van der Waals surface area contributed by atoms with Crippen LogP contribution in [0.2, 0.25) is 0 Å². The van der Waals surface area contributed by atoms with Crippen LogP contribution in [-0.2, 0) is 31.2 Å². The molecule has 134 valence electrons. The first-order chi connectivity index (χ1) is 12.7. The molecule has 0 saturated carbocycles. The second-order valence-electron chi connectivity index (χ2n) is 7.10. The van der Waals surface area contributed by atoms with Crippen LogP contribution >= 0.6 is 0 Å². The summed E-state index contributed by atoms with van der Waals surface area (Å²) in [6.45, 7) is 3.65. The molecule has 1 aliphatic rings. The van der Waals surface area contributed by atoms with Gasteiger partial charge in [-0.25, -0.2) is 0 Å². The number of carbonyl (C=O) groups is 1. The number of carbonyl (C=O) groups excluding carboxylic acids is 1. The van der Waals surface area contributed by atoms with Crippen molar-refractivity contribution in [3.63, 3.8) is 0 Å². The Bertz CT molecular complexity index is 928. The summed E-state index contributed by atoms with van der Waals surface area (Å²) in [6, 6.07) is 16.9. The lowest BCUT2D eigenvalue weighted by Gasteiger charge is -2.28. The van der Waals surface area contributed by atoms with Crippen molar-refractivity contribution in [1.29, 1.82) is 0 Å². The van der Waals surface area contributed by atoms with Gasteiger partial charge in [-0.15, -0.1) is 0 Å². The first-order valence-electron chi connectivity index (χ1n) is 9.29. The van der Waals surface area contributed by atoms with Crippen LogP contribution < -0.4 is 5.32 Å². The summed E-state index contributed by atoms with van der Waals surface area (Å²) in [4.78, 5) is 14.8. The van der Waals surface area contributed by atoms with Gasteiger partial charge < -0.3 is 9.88 Å². The maximum atomic E-state index is 12.4. The Morgan fingerprint density at radius 2 is 1.85 bits per heavy atom. The topological polar surface area (TPSA) is 37.3 Å². The lowest BCUT2D eigenvalue weighted by Crippen LogP contribution is -2.38. The predicted octanol–water partition coefficient (Wildman–Crippen LogP) is 2.90. The van der Waals surface area contributed by atoms with Gasteiger partial charge in [-0.05, 0) is 29.2 Å². The quantitative estimate of drug-likeness (QED) is 0.771. The van der Waals surface area contributed by atoms with Gasteiger partial charge in [0.15, 0.2) is 0 Å². The number of amides is 1. The van der Waals surface area contributed by atoms with Crippen LogP contribution in [-0.4, -0.2) is 35.0 Å². The molecule has 4 heteroatoms. The third-order valence-corrected chi connectivity index (χ3v) is 5.29. The van der Waals surface area contributed by atoms with E-state index in [1.54, 1.807) is 0 Å². The van der Waals surface area contributed by atoms with Crippen molar-refractivity contribution < 1.29 is 4.79 Å². The monoisotopic (exact) mass is 347 g/mol. The van der Waals surface area contributed by atoms with E-state index < -0.39 is 0 Å². The van der Waals surface area contributed by atoms with E-state index in [0.717, 1.165) is 37.0 Å². The van der Waals surface area contributed by atoms with Crippen molar-refractivity contribution in [2.24, 2.45) is 7.05 Å². The summed E-state index contributed by atoms with van der Waals surface area (Å²) in [5.41, 5.74) is 5.14. The molecule has 0 unspecified atom stereocenters. The summed E-state index contributed by atoms with van der Waals surface area (Å²) < 4.78 is 2.09. The molecule has 1 N–H and O–H groups in total. The van der Waals surface area contributed by atoms with Gasteiger partial charge in [0.05, 0.1) is 6.42 Å². The molecule has 1 aliphatic heterocycles. The highest BCUT2D eigenvalue weighted by atomic mass is 16.1. The van der Waals surface area contributed by atoms with Crippen molar-refractivity contribution in [2.45, 2.75) is 19.4 Å². The van der Waals surface area contributed by atoms with Crippen LogP contribution in [0.1, 0.15) is 16.7 Å². The van der Waals surface area contributed by atoms with Gasteiger partial charge in [0.1, 0.15) is 0 Å². The molecule has 2 aromatic carbocycles. The number of aromatic nitrogens is 1. The maximum Gasteiger partial charge on any atom is 0.224 e. The number of benzene rings is 2. The smallest absolute Gasteiger partial charge is 0.224 e. The molecular weight excluding hydrogens is 322 g/mol. The molecule has 0 fully saturated rings. The average Bonchev–Trinajstić information content (AvgIpc) is 2.97. The van der Waals surface area contributed by atoms with Gasteiger partial charge >= 0.3 is 0 Å². The van der Waals surface area contributed by atoms with Gasteiger partial charge in [0.2, 0.25) is 5.91 Å². The van der Waals surface area contributed by atoms with Crippen LogP contribution in [0.3, 0.4) is 0 Å².